The van der Waals surface area contributed by atoms with Crippen LogP contribution in [-0.4, -0.2) is 36.4 Å². The number of nitrogens with one attached hydrogen (secondary N) is 1. The molecule has 0 fully saturated rings. The van der Waals surface area contributed by atoms with Crippen LogP contribution in [0.15, 0.2) is 18.3 Å². The molecular formula is C12H18N2O4. The summed E-state index contributed by atoms with van der Waals surface area (Å²) in [4.78, 5) is 22.7. The lowest BCUT2D eigenvalue weighted by atomic mass is 10.4. The fourth-order valence-electron chi connectivity index (χ4n) is 1.44. The number of aromatic nitrogens is 1. The number of carbonyl (C=O) groups excluding carboxylic acids is 2. The van der Waals surface area contributed by atoms with Crippen molar-refractivity contribution in [2.75, 3.05) is 19.8 Å². The summed E-state index contributed by atoms with van der Waals surface area (Å²) in [5, 5.41) is 2.91. The molecule has 0 aromatic carbocycles. The van der Waals surface area contributed by atoms with E-state index in [-0.39, 0.29) is 12.5 Å². The summed E-state index contributed by atoms with van der Waals surface area (Å²) in [6, 6.07) is 3.54. The first kappa shape index (κ1) is 14.2. The molecule has 0 aliphatic rings. The van der Waals surface area contributed by atoms with Gasteiger partial charge >= 0.3 is 12.1 Å². The van der Waals surface area contributed by atoms with E-state index in [9.17, 15) is 9.59 Å². The molecule has 0 aliphatic carbocycles. The summed E-state index contributed by atoms with van der Waals surface area (Å²) in [6.45, 7) is 4.70. The van der Waals surface area contributed by atoms with Crippen LogP contribution in [0.25, 0.3) is 0 Å². The second-order valence-corrected chi connectivity index (χ2v) is 3.48. The van der Waals surface area contributed by atoms with Crippen LogP contribution in [0.5, 0.6) is 0 Å². The zero-order chi connectivity index (χ0) is 13.4. The molecular weight excluding hydrogens is 236 g/mol. The lowest BCUT2D eigenvalue weighted by molar-refractivity contribution is -0.142. The average Bonchev–Trinajstić information content (AvgIpc) is 2.78. The van der Waals surface area contributed by atoms with Crippen LogP contribution in [0.2, 0.25) is 0 Å². The third kappa shape index (κ3) is 4.21. The van der Waals surface area contributed by atoms with Gasteiger partial charge in [0, 0.05) is 18.4 Å². The van der Waals surface area contributed by atoms with Gasteiger partial charge in [-0.05, 0) is 26.0 Å². The molecule has 0 saturated carbocycles. The Morgan fingerprint density at radius 2 is 2.00 bits per heavy atom. The minimum atomic E-state index is -0.421. The van der Waals surface area contributed by atoms with E-state index in [4.69, 9.17) is 9.47 Å². The van der Waals surface area contributed by atoms with Crippen LogP contribution in [0.3, 0.4) is 0 Å². The summed E-state index contributed by atoms with van der Waals surface area (Å²) in [5.74, 6) is -0.313. The van der Waals surface area contributed by atoms with Crippen molar-refractivity contribution in [3.05, 3.63) is 24.0 Å². The van der Waals surface area contributed by atoms with Gasteiger partial charge in [-0.2, -0.15) is 0 Å². The molecule has 1 aromatic heterocycles. The first-order chi connectivity index (χ1) is 8.69. The number of hydrogen-bond donors (Lipinski definition) is 1. The molecule has 1 heterocycles. The van der Waals surface area contributed by atoms with Gasteiger partial charge < -0.3 is 14.8 Å². The monoisotopic (exact) mass is 254 g/mol. The summed E-state index contributed by atoms with van der Waals surface area (Å²) in [7, 11) is 0. The van der Waals surface area contributed by atoms with Crippen LogP contribution < -0.4 is 5.32 Å². The highest BCUT2D eigenvalue weighted by molar-refractivity contribution is 5.72. The molecule has 0 unspecified atom stereocenters. The van der Waals surface area contributed by atoms with Crippen molar-refractivity contribution in [2.45, 2.75) is 20.4 Å². The zero-order valence-electron chi connectivity index (χ0n) is 10.6. The molecule has 1 aromatic rings. The third-order valence-corrected chi connectivity index (χ3v) is 2.18. The van der Waals surface area contributed by atoms with Crippen LogP contribution in [0.4, 0.5) is 4.79 Å². The summed E-state index contributed by atoms with van der Waals surface area (Å²) in [6.07, 6.45) is 1.20. The molecule has 0 saturated heterocycles. The van der Waals surface area contributed by atoms with Gasteiger partial charge in [0.25, 0.3) is 0 Å². The first-order valence-electron chi connectivity index (χ1n) is 5.88. The van der Waals surface area contributed by atoms with Gasteiger partial charge in [0.2, 0.25) is 0 Å². The molecule has 0 aliphatic heterocycles. The summed E-state index contributed by atoms with van der Waals surface area (Å²) >= 11 is 0. The van der Waals surface area contributed by atoms with Crippen molar-refractivity contribution >= 4 is 12.1 Å². The summed E-state index contributed by atoms with van der Waals surface area (Å²) in [5.41, 5.74) is 0.734. The zero-order valence-corrected chi connectivity index (χ0v) is 10.6. The van der Waals surface area contributed by atoms with Crippen molar-refractivity contribution in [3.63, 3.8) is 0 Å². The number of ether oxygens (including phenoxy) is 2. The molecule has 0 spiro atoms. The normalized spacial score (nSPS) is 10.1. The predicted molar refractivity (Wildman–Crippen MR) is 65.2 cm³/mol. The highest BCUT2D eigenvalue weighted by Crippen LogP contribution is 2.03. The van der Waals surface area contributed by atoms with E-state index in [0.29, 0.717) is 19.8 Å². The Labute approximate surface area is 106 Å². The maximum absolute atomic E-state index is 11.5. The number of nitrogens with zero attached hydrogens (tertiary/aromatic N) is 1. The average molecular weight is 254 g/mol. The molecule has 0 atom stereocenters. The highest BCUT2D eigenvalue weighted by atomic mass is 16.5. The van der Waals surface area contributed by atoms with Gasteiger partial charge in [-0.1, -0.05) is 0 Å². The second-order valence-electron chi connectivity index (χ2n) is 3.48. The van der Waals surface area contributed by atoms with Crippen molar-refractivity contribution in [2.24, 2.45) is 0 Å². The molecule has 6 nitrogen and oxygen atoms in total. The molecule has 0 bridgehead atoms. The highest BCUT2D eigenvalue weighted by Gasteiger charge is 2.09. The van der Waals surface area contributed by atoms with E-state index in [1.807, 2.05) is 0 Å². The standard InChI is InChI=1S/C12H18N2O4/c1-3-17-11(15)9-13-8-10-6-5-7-14(10)12(16)18-4-2/h5-7,13H,3-4,8-9H2,1-2H3. The maximum Gasteiger partial charge on any atom is 0.418 e. The minimum absolute atomic E-state index is 0.113. The quantitative estimate of drug-likeness (QED) is 0.771. The van der Waals surface area contributed by atoms with E-state index in [1.54, 1.807) is 32.2 Å². The van der Waals surface area contributed by atoms with Crippen molar-refractivity contribution in [1.82, 2.24) is 9.88 Å². The smallest absolute Gasteiger partial charge is 0.418 e. The predicted octanol–water partition coefficient (Wildman–Crippen LogP) is 1.15. The largest absolute Gasteiger partial charge is 0.465 e. The molecule has 100 valence electrons. The van der Waals surface area contributed by atoms with Crippen LogP contribution in [0.1, 0.15) is 19.5 Å². The lowest BCUT2D eigenvalue weighted by Crippen LogP contribution is -2.26. The lowest BCUT2D eigenvalue weighted by Gasteiger charge is -2.08. The molecule has 0 amide bonds. The Balaban J connectivity index is 2.45. The summed E-state index contributed by atoms with van der Waals surface area (Å²) < 4.78 is 11.1. The van der Waals surface area contributed by atoms with Crippen molar-refractivity contribution < 1.29 is 19.1 Å². The molecule has 6 heteroatoms. The Hall–Kier alpha value is -1.82. The van der Waals surface area contributed by atoms with E-state index in [0.717, 1.165) is 5.69 Å². The van der Waals surface area contributed by atoms with E-state index in [2.05, 4.69) is 5.32 Å². The topological polar surface area (TPSA) is 69.6 Å². The van der Waals surface area contributed by atoms with E-state index >= 15 is 0 Å². The van der Waals surface area contributed by atoms with Gasteiger partial charge in [-0.3, -0.25) is 9.36 Å². The molecule has 1 N–H and O–H groups in total. The molecule has 18 heavy (non-hydrogen) atoms. The Morgan fingerprint density at radius 3 is 2.67 bits per heavy atom. The fraction of sp³-hybridized carbons (Fsp3) is 0.500. The Morgan fingerprint density at radius 1 is 1.28 bits per heavy atom. The Bertz CT molecular complexity index is 401. The minimum Gasteiger partial charge on any atom is -0.465 e. The van der Waals surface area contributed by atoms with Gasteiger partial charge in [0.05, 0.1) is 19.8 Å². The van der Waals surface area contributed by atoms with E-state index in [1.165, 1.54) is 4.57 Å². The second kappa shape index (κ2) is 7.50. The van der Waals surface area contributed by atoms with Gasteiger partial charge in [-0.15, -0.1) is 0 Å². The van der Waals surface area contributed by atoms with E-state index < -0.39 is 6.09 Å². The van der Waals surface area contributed by atoms with Crippen LogP contribution >= 0.6 is 0 Å². The van der Waals surface area contributed by atoms with Gasteiger partial charge in [-0.25, -0.2) is 4.79 Å². The van der Waals surface area contributed by atoms with Crippen LogP contribution in [0, 0.1) is 0 Å². The number of hydrogen-bond acceptors (Lipinski definition) is 5. The number of rotatable bonds is 6. The first-order valence-corrected chi connectivity index (χ1v) is 5.88. The fourth-order valence-corrected chi connectivity index (χ4v) is 1.44. The Kier molecular flexibility index (Phi) is 5.93. The van der Waals surface area contributed by atoms with Crippen molar-refractivity contribution in [1.29, 1.82) is 0 Å². The number of esters is 1. The molecule has 1 rings (SSSR count). The van der Waals surface area contributed by atoms with Crippen molar-refractivity contribution in [3.8, 4) is 0 Å². The van der Waals surface area contributed by atoms with Gasteiger partial charge in [0.1, 0.15) is 0 Å². The van der Waals surface area contributed by atoms with Gasteiger partial charge in [0.15, 0.2) is 0 Å². The van der Waals surface area contributed by atoms with Crippen LogP contribution in [-0.2, 0) is 20.8 Å². The maximum atomic E-state index is 11.5. The SMILES string of the molecule is CCOC(=O)CNCc1cccn1C(=O)OCC. The third-order valence-electron chi connectivity index (χ3n) is 2.18. The number of carbonyl (C=O) groups is 2. The molecule has 0 radical (unpaired) electrons.